The molecule has 24 nitrogen and oxygen atoms in total. The van der Waals surface area contributed by atoms with Crippen LogP contribution < -0.4 is 48.7 Å². The summed E-state index contributed by atoms with van der Waals surface area (Å²) in [6, 6.07) is 15.5. The van der Waals surface area contributed by atoms with Gasteiger partial charge in [0.25, 0.3) is 0 Å². The van der Waals surface area contributed by atoms with Gasteiger partial charge in [0, 0.05) is 32.0 Å². The number of piperidine rings is 1. The zero-order chi connectivity index (χ0) is 60.8. The van der Waals surface area contributed by atoms with Gasteiger partial charge < -0.3 is 68.5 Å². The summed E-state index contributed by atoms with van der Waals surface area (Å²) in [6.45, 7) is 6.11. The first-order valence-corrected chi connectivity index (χ1v) is 29.0. The van der Waals surface area contributed by atoms with Gasteiger partial charge in [-0.25, -0.2) is 0 Å². The van der Waals surface area contributed by atoms with Crippen molar-refractivity contribution in [1.82, 2.24) is 51.9 Å². The lowest BCUT2D eigenvalue weighted by atomic mass is 9.95. The quantitative estimate of drug-likeness (QED) is 0.0475. The predicted octanol–water partition coefficient (Wildman–Crippen LogP) is -1.26. The van der Waals surface area contributed by atoms with Crippen LogP contribution in [0, 0.1) is 5.92 Å². The van der Waals surface area contributed by atoms with Crippen LogP contribution in [0.15, 0.2) is 91.0 Å². The second-order valence-corrected chi connectivity index (χ2v) is 22.7. The summed E-state index contributed by atoms with van der Waals surface area (Å²) in [7, 11) is 0. The molecule has 4 saturated heterocycles. The van der Waals surface area contributed by atoms with Gasteiger partial charge in [-0.15, -0.1) is 0 Å². The number of nitrogens with zero attached hydrogens (tertiary/aromatic N) is 3. The van der Waals surface area contributed by atoms with Crippen LogP contribution in [0.1, 0.15) is 95.8 Å². The number of benzene rings is 3. The molecule has 0 aliphatic carbocycles. The third-order valence-electron chi connectivity index (χ3n) is 16.1. The number of nitrogens with two attached hydrogens (primary N) is 2. The van der Waals surface area contributed by atoms with Gasteiger partial charge in [-0.1, -0.05) is 105 Å². The topological polar surface area (TPSA) is 354 Å². The molecule has 4 fully saturated rings. The number of rotatable bonds is 25. The Morgan fingerprint density at radius 3 is 1.68 bits per heavy atom. The standard InChI is InChI=1S/C60H80N12O12/c1-34(2)49(68-53(77)41(61)29-37-17-8-5-9-18-37)60(84)71-28-16-26-46(71)57(81)69-50(36(4)73)58(82)67-44-32-40-23-14-24-47(72(40)59(44)83)55(79)63-33-48(74)70-27-15-25-45(70)56(80)66-43(31-39-21-12-7-13-22-39)54(78)64-35(3)52(76)65-42(51(62)75)30-38-19-10-6-11-20-38/h5-13,17-22,34-36,40-47,49-50,73H,14-16,23-33,61H2,1-4H3,(H2,62,75)(H,63,79)(H,64,78)(H,65,76)(H,66,80)(H,67,82)(H,68,77)(H,69,81)/t35-,36+,40+,41-,42-,43-,44-,45-,46-,47-,49-,50-/m0/s1. The SMILES string of the molecule is CC(C)[C@H](NC(=O)[C@@H](N)Cc1ccccc1)C(=O)N1CCC[C@H]1C(=O)N[C@H](C(=O)N[C@H]1C[C@H]2CCC[C@@H](C(=O)NCC(=O)N3CCC[C@H]3C(=O)N[C@@H](Cc3ccccc3)C(=O)N[C@@H](C)C(=O)N[C@@H](Cc3ccccc3)C(N)=O)N2C1=O)[C@@H](C)O. The molecule has 4 aliphatic heterocycles. The predicted molar refractivity (Wildman–Crippen MR) is 307 cm³/mol. The lowest BCUT2D eigenvalue weighted by Crippen LogP contribution is -2.61. The molecule has 0 spiro atoms. The molecule has 0 bridgehead atoms. The van der Waals surface area contributed by atoms with Gasteiger partial charge >= 0.3 is 0 Å². The van der Waals surface area contributed by atoms with E-state index in [1.54, 1.807) is 68.4 Å². The van der Waals surface area contributed by atoms with Crippen LogP contribution >= 0.6 is 0 Å². The van der Waals surface area contributed by atoms with Gasteiger partial charge in [0.2, 0.25) is 65.0 Å². The molecule has 4 heterocycles. The van der Waals surface area contributed by atoms with E-state index in [4.69, 9.17) is 11.5 Å². The molecule has 24 heteroatoms. The Hall–Kier alpha value is -8.25. The summed E-state index contributed by atoms with van der Waals surface area (Å²) >= 11 is 0. The smallest absolute Gasteiger partial charge is 0.246 e. The number of carbonyl (C=O) groups is 11. The summed E-state index contributed by atoms with van der Waals surface area (Å²) in [4.78, 5) is 155. The maximum absolute atomic E-state index is 14.1. The fourth-order valence-electron chi connectivity index (χ4n) is 11.5. The molecule has 7 rings (SSSR count). The highest BCUT2D eigenvalue weighted by atomic mass is 16.3. The fraction of sp³-hybridized carbons (Fsp3) is 0.517. The molecule has 0 aromatic heterocycles. The lowest BCUT2D eigenvalue weighted by Gasteiger charge is -2.36. The van der Waals surface area contributed by atoms with Crippen LogP contribution in [0.5, 0.6) is 0 Å². The van der Waals surface area contributed by atoms with Gasteiger partial charge in [0.15, 0.2) is 0 Å². The second kappa shape index (κ2) is 29.3. The Morgan fingerprint density at radius 2 is 1.11 bits per heavy atom. The van der Waals surface area contributed by atoms with Crippen molar-refractivity contribution in [2.75, 3.05) is 19.6 Å². The normalized spacial score (nSPS) is 21.8. The minimum atomic E-state index is -1.54. The Morgan fingerprint density at radius 1 is 0.571 bits per heavy atom. The van der Waals surface area contributed by atoms with Crippen molar-refractivity contribution in [3.05, 3.63) is 108 Å². The minimum Gasteiger partial charge on any atom is -0.391 e. The Balaban J connectivity index is 0.915. The third kappa shape index (κ3) is 16.3. The molecule has 4 aliphatic rings. The monoisotopic (exact) mass is 1160 g/mol. The van der Waals surface area contributed by atoms with Crippen molar-refractivity contribution in [2.24, 2.45) is 17.4 Å². The van der Waals surface area contributed by atoms with Crippen molar-refractivity contribution in [1.29, 1.82) is 0 Å². The van der Waals surface area contributed by atoms with E-state index in [-0.39, 0.29) is 64.0 Å². The number of primary amides is 1. The summed E-state index contributed by atoms with van der Waals surface area (Å²) in [5.74, 6) is -7.50. The first-order chi connectivity index (χ1) is 40.1. The number of fused-ring (bicyclic) bond motifs is 1. The van der Waals surface area contributed by atoms with Crippen molar-refractivity contribution in [2.45, 2.75) is 171 Å². The molecular weight excluding hydrogens is 1080 g/mol. The van der Waals surface area contributed by atoms with Crippen molar-refractivity contribution in [3.8, 4) is 0 Å². The van der Waals surface area contributed by atoms with E-state index >= 15 is 0 Å². The minimum absolute atomic E-state index is 0.0280. The van der Waals surface area contributed by atoms with Crippen LogP contribution in [-0.4, -0.2) is 177 Å². The molecular formula is C60H80N12O12. The number of aliphatic hydroxyl groups excluding tert-OH is 1. The van der Waals surface area contributed by atoms with Gasteiger partial charge in [0.1, 0.15) is 54.4 Å². The van der Waals surface area contributed by atoms with Crippen LogP contribution in [0.4, 0.5) is 0 Å². The number of nitrogens with one attached hydrogen (secondary N) is 7. The zero-order valence-electron chi connectivity index (χ0n) is 48.0. The summed E-state index contributed by atoms with van der Waals surface area (Å²) in [6.07, 6.45) is 1.80. The van der Waals surface area contributed by atoms with E-state index < -0.39 is 144 Å². The van der Waals surface area contributed by atoms with Crippen LogP contribution in [-0.2, 0) is 72.0 Å². The largest absolute Gasteiger partial charge is 0.391 e. The average molecular weight is 1160 g/mol. The maximum atomic E-state index is 14.1. The van der Waals surface area contributed by atoms with E-state index in [2.05, 4.69) is 37.2 Å². The van der Waals surface area contributed by atoms with E-state index in [9.17, 15) is 57.8 Å². The average Bonchev–Trinajstić information content (AvgIpc) is 3.80. The first kappa shape index (κ1) is 63.3. The molecule has 0 radical (unpaired) electrons. The number of carbonyl (C=O) groups excluding carboxylic acids is 11. The third-order valence-corrected chi connectivity index (χ3v) is 16.1. The Bertz CT molecular complexity index is 2860. The van der Waals surface area contributed by atoms with Crippen molar-refractivity contribution < 1.29 is 57.8 Å². The molecule has 3 aromatic carbocycles. The van der Waals surface area contributed by atoms with Crippen LogP contribution in [0.3, 0.4) is 0 Å². The number of amides is 11. The fourth-order valence-corrected chi connectivity index (χ4v) is 11.5. The zero-order valence-corrected chi connectivity index (χ0v) is 48.0. The highest BCUT2D eigenvalue weighted by Gasteiger charge is 2.49. The molecule has 11 amide bonds. The number of aliphatic hydroxyl groups is 1. The number of likely N-dealkylation sites (tertiary alicyclic amines) is 2. The molecule has 84 heavy (non-hydrogen) atoms. The maximum Gasteiger partial charge on any atom is 0.246 e. The van der Waals surface area contributed by atoms with E-state index in [0.29, 0.717) is 31.2 Å². The van der Waals surface area contributed by atoms with E-state index in [1.165, 1.54) is 28.5 Å². The van der Waals surface area contributed by atoms with Gasteiger partial charge in [0.05, 0.1) is 18.7 Å². The van der Waals surface area contributed by atoms with Gasteiger partial charge in [-0.3, -0.25) is 52.7 Å². The summed E-state index contributed by atoms with van der Waals surface area (Å²) in [5.41, 5.74) is 14.1. The van der Waals surface area contributed by atoms with Gasteiger partial charge in [-0.2, -0.15) is 0 Å². The molecule has 12 atom stereocenters. The van der Waals surface area contributed by atoms with Crippen molar-refractivity contribution in [3.63, 3.8) is 0 Å². The molecule has 452 valence electrons. The van der Waals surface area contributed by atoms with Crippen molar-refractivity contribution >= 4 is 65.0 Å². The molecule has 3 aromatic rings. The van der Waals surface area contributed by atoms with Crippen LogP contribution in [0.25, 0.3) is 0 Å². The first-order valence-electron chi connectivity index (χ1n) is 29.0. The Kier molecular flexibility index (Phi) is 22.1. The van der Waals surface area contributed by atoms with Crippen LogP contribution in [0.2, 0.25) is 0 Å². The van der Waals surface area contributed by atoms with E-state index in [1.807, 2.05) is 36.4 Å². The number of hydrogen-bond donors (Lipinski definition) is 10. The van der Waals surface area contributed by atoms with Gasteiger partial charge in [-0.05, 0) is 94.2 Å². The molecule has 0 unspecified atom stereocenters. The lowest BCUT2D eigenvalue weighted by molar-refractivity contribution is -0.145. The van der Waals surface area contributed by atoms with E-state index in [0.717, 1.165) is 11.1 Å². The number of hydrogen-bond acceptors (Lipinski definition) is 13. The summed E-state index contributed by atoms with van der Waals surface area (Å²) < 4.78 is 0. The second-order valence-electron chi connectivity index (χ2n) is 22.7. The molecule has 12 N–H and O–H groups in total. The summed E-state index contributed by atoms with van der Waals surface area (Å²) in [5, 5.41) is 29.5. The Labute approximate surface area is 488 Å². The highest BCUT2D eigenvalue weighted by molar-refractivity contribution is 5.99. The molecule has 0 saturated carbocycles. The highest BCUT2D eigenvalue weighted by Crippen LogP contribution is 2.33.